The van der Waals surface area contributed by atoms with Crippen LogP contribution in [0.3, 0.4) is 0 Å². The smallest absolute Gasteiger partial charge is 0.154 e. The maximum Gasteiger partial charge on any atom is 0.154 e. The third-order valence-electron chi connectivity index (χ3n) is 2.88. The van der Waals surface area contributed by atoms with Crippen LogP contribution in [0.4, 0.5) is 5.69 Å². The van der Waals surface area contributed by atoms with Crippen molar-refractivity contribution in [3.63, 3.8) is 0 Å². The lowest BCUT2D eigenvalue weighted by Gasteiger charge is -2.24. The quantitative estimate of drug-likeness (QED) is 0.852. The fourth-order valence-electron chi connectivity index (χ4n) is 1.91. The highest BCUT2D eigenvalue weighted by atomic mass is 35.5. The van der Waals surface area contributed by atoms with E-state index in [1.54, 1.807) is 6.07 Å². The van der Waals surface area contributed by atoms with Gasteiger partial charge in [-0.2, -0.15) is 0 Å². The molecule has 0 aliphatic carbocycles. The molecule has 0 spiro atoms. The molecule has 1 aromatic rings. The normalized spacial score (nSPS) is 24.6. The Hall–Kier alpha value is -0.320. The number of pyridine rings is 1. The van der Waals surface area contributed by atoms with E-state index >= 15 is 0 Å². The fourth-order valence-corrected chi connectivity index (χ4v) is 3.80. The Bertz CT molecular complexity index is 420. The molecule has 3 nitrogen and oxygen atoms in total. The highest BCUT2D eigenvalue weighted by Gasteiger charge is 2.19. The summed E-state index contributed by atoms with van der Waals surface area (Å²) >= 11 is 11.9. The monoisotopic (exact) mass is 292 g/mol. The van der Waals surface area contributed by atoms with Crippen LogP contribution in [-0.4, -0.2) is 26.7 Å². The van der Waals surface area contributed by atoms with Crippen molar-refractivity contribution in [1.82, 2.24) is 4.98 Å². The molecule has 17 heavy (non-hydrogen) atoms. The first kappa shape index (κ1) is 13.1. The molecular weight excluding hydrogens is 279 g/mol. The molecule has 0 amide bonds. The van der Waals surface area contributed by atoms with Gasteiger partial charge >= 0.3 is 0 Å². The van der Waals surface area contributed by atoms with Crippen LogP contribution in [-0.2, 0) is 10.8 Å². The van der Waals surface area contributed by atoms with E-state index in [2.05, 4.69) is 10.3 Å². The van der Waals surface area contributed by atoms with Gasteiger partial charge in [-0.15, -0.1) is 0 Å². The van der Waals surface area contributed by atoms with E-state index in [4.69, 9.17) is 23.2 Å². The molecule has 1 saturated heterocycles. The third-order valence-corrected chi connectivity index (χ3v) is 4.73. The Labute approximate surface area is 113 Å². The summed E-state index contributed by atoms with van der Waals surface area (Å²) in [5, 5.41) is 4.19. The van der Waals surface area contributed by atoms with Crippen LogP contribution in [0.5, 0.6) is 0 Å². The van der Waals surface area contributed by atoms with E-state index in [1.807, 2.05) is 6.92 Å². The highest BCUT2D eigenvalue weighted by molar-refractivity contribution is 7.85. The molecule has 1 aliphatic rings. The SMILES string of the molecule is Cc1cc(Cl)nc(Cl)c1NC1CCS(=O)CC1. The molecule has 2 rings (SSSR count). The van der Waals surface area contributed by atoms with Crippen LogP contribution in [0, 0.1) is 6.92 Å². The van der Waals surface area contributed by atoms with Crippen molar-refractivity contribution in [3.8, 4) is 0 Å². The van der Waals surface area contributed by atoms with Gasteiger partial charge < -0.3 is 5.32 Å². The van der Waals surface area contributed by atoms with E-state index in [0.717, 1.165) is 35.6 Å². The van der Waals surface area contributed by atoms with Gasteiger partial charge in [0.2, 0.25) is 0 Å². The van der Waals surface area contributed by atoms with Crippen molar-refractivity contribution in [2.75, 3.05) is 16.8 Å². The lowest BCUT2D eigenvalue weighted by molar-refractivity contribution is 0.623. The second-order valence-corrected chi connectivity index (χ2v) is 6.64. The van der Waals surface area contributed by atoms with Gasteiger partial charge in [-0.05, 0) is 31.4 Å². The summed E-state index contributed by atoms with van der Waals surface area (Å²) in [6, 6.07) is 2.11. The van der Waals surface area contributed by atoms with Gasteiger partial charge in [0.25, 0.3) is 0 Å². The summed E-state index contributed by atoms with van der Waals surface area (Å²) in [6.07, 6.45) is 1.82. The molecular formula is C11H14Cl2N2OS. The van der Waals surface area contributed by atoms with Gasteiger partial charge in [-0.3, -0.25) is 4.21 Å². The second kappa shape index (κ2) is 5.55. The van der Waals surface area contributed by atoms with E-state index in [1.165, 1.54) is 0 Å². The van der Waals surface area contributed by atoms with Crippen molar-refractivity contribution < 1.29 is 4.21 Å². The summed E-state index contributed by atoms with van der Waals surface area (Å²) in [5.74, 6) is 1.52. The lowest BCUT2D eigenvalue weighted by atomic mass is 10.1. The van der Waals surface area contributed by atoms with Gasteiger partial charge in [-0.1, -0.05) is 23.2 Å². The van der Waals surface area contributed by atoms with E-state index < -0.39 is 10.8 Å². The minimum Gasteiger partial charge on any atom is -0.380 e. The van der Waals surface area contributed by atoms with Gasteiger partial charge in [0.15, 0.2) is 5.15 Å². The minimum atomic E-state index is -0.643. The molecule has 0 atom stereocenters. The van der Waals surface area contributed by atoms with Crippen LogP contribution in [0.15, 0.2) is 6.07 Å². The van der Waals surface area contributed by atoms with Gasteiger partial charge in [0, 0.05) is 28.3 Å². The number of aryl methyl sites for hydroxylation is 1. The average Bonchev–Trinajstić information content (AvgIpc) is 2.26. The van der Waals surface area contributed by atoms with E-state index in [0.29, 0.717) is 16.3 Å². The Morgan fingerprint density at radius 2 is 2.06 bits per heavy atom. The van der Waals surface area contributed by atoms with Crippen molar-refractivity contribution in [2.24, 2.45) is 0 Å². The van der Waals surface area contributed by atoms with Crippen molar-refractivity contribution in [3.05, 3.63) is 21.9 Å². The van der Waals surface area contributed by atoms with Gasteiger partial charge in [-0.25, -0.2) is 4.98 Å². The Morgan fingerprint density at radius 3 is 2.65 bits per heavy atom. The maximum atomic E-state index is 11.3. The Kier molecular flexibility index (Phi) is 4.28. The average molecular weight is 293 g/mol. The predicted octanol–water partition coefficient (Wildman–Crippen LogP) is 3.02. The number of nitrogens with zero attached hydrogens (tertiary/aromatic N) is 1. The standard InChI is InChI=1S/C11H14Cl2N2OS/c1-7-6-9(12)15-11(13)10(7)14-8-2-4-17(16)5-3-8/h6,8,14H,2-5H2,1H3. The molecule has 94 valence electrons. The van der Waals surface area contributed by atoms with Gasteiger partial charge in [0.05, 0.1) is 5.69 Å². The first-order chi connectivity index (χ1) is 8.06. The molecule has 0 saturated carbocycles. The van der Waals surface area contributed by atoms with Crippen molar-refractivity contribution in [1.29, 1.82) is 0 Å². The largest absolute Gasteiger partial charge is 0.380 e. The molecule has 6 heteroatoms. The second-order valence-electron chi connectivity index (χ2n) is 4.19. The number of aromatic nitrogens is 1. The fraction of sp³-hybridized carbons (Fsp3) is 0.545. The molecule has 0 bridgehead atoms. The molecule has 0 unspecified atom stereocenters. The van der Waals surface area contributed by atoms with Crippen LogP contribution >= 0.6 is 23.2 Å². The summed E-state index contributed by atoms with van der Waals surface area (Å²) in [5.41, 5.74) is 1.83. The molecule has 2 heterocycles. The lowest BCUT2D eigenvalue weighted by Crippen LogP contribution is -2.29. The zero-order valence-electron chi connectivity index (χ0n) is 9.50. The summed E-state index contributed by atoms with van der Waals surface area (Å²) in [7, 11) is -0.643. The summed E-state index contributed by atoms with van der Waals surface area (Å²) in [6.45, 7) is 1.95. The van der Waals surface area contributed by atoms with Gasteiger partial charge in [0.1, 0.15) is 5.15 Å². The minimum absolute atomic E-state index is 0.326. The van der Waals surface area contributed by atoms with Crippen molar-refractivity contribution in [2.45, 2.75) is 25.8 Å². The van der Waals surface area contributed by atoms with Crippen LogP contribution in [0.2, 0.25) is 10.3 Å². The zero-order valence-corrected chi connectivity index (χ0v) is 11.8. The summed E-state index contributed by atoms with van der Waals surface area (Å²) < 4.78 is 11.3. The number of hydrogen-bond donors (Lipinski definition) is 1. The zero-order chi connectivity index (χ0) is 12.4. The topological polar surface area (TPSA) is 42.0 Å². The third kappa shape index (κ3) is 3.33. The number of hydrogen-bond acceptors (Lipinski definition) is 3. The van der Waals surface area contributed by atoms with Crippen molar-refractivity contribution >= 4 is 39.7 Å². The summed E-state index contributed by atoms with van der Waals surface area (Å²) in [4.78, 5) is 4.02. The van der Waals surface area contributed by atoms with E-state index in [9.17, 15) is 4.21 Å². The number of rotatable bonds is 2. The first-order valence-corrected chi connectivity index (χ1v) is 7.75. The van der Waals surface area contributed by atoms with Crippen LogP contribution in [0.1, 0.15) is 18.4 Å². The Balaban J connectivity index is 2.11. The predicted molar refractivity (Wildman–Crippen MR) is 73.5 cm³/mol. The highest BCUT2D eigenvalue weighted by Crippen LogP contribution is 2.28. The maximum absolute atomic E-state index is 11.3. The van der Waals surface area contributed by atoms with E-state index in [-0.39, 0.29) is 0 Å². The first-order valence-electron chi connectivity index (χ1n) is 5.50. The number of anilines is 1. The Morgan fingerprint density at radius 1 is 1.41 bits per heavy atom. The number of halogens is 2. The molecule has 1 aromatic heterocycles. The molecule has 1 aliphatic heterocycles. The number of nitrogens with one attached hydrogen (secondary N) is 1. The molecule has 1 fully saturated rings. The molecule has 0 radical (unpaired) electrons. The molecule has 0 aromatic carbocycles. The van der Waals surface area contributed by atoms with Crippen LogP contribution in [0.25, 0.3) is 0 Å². The van der Waals surface area contributed by atoms with Crippen LogP contribution < -0.4 is 5.32 Å². The molecule has 1 N–H and O–H groups in total.